The maximum Gasteiger partial charge on any atom is 0.306 e. The number of carbonyl (C=O) groups is 1. The van der Waals surface area contributed by atoms with Crippen LogP contribution in [0.1, 0.15) is 6.42 Å². The largest absolute Gasteiger partial charge is 0.455 e. The summed E-state index contributed by atoms with van der Waals surface area (Å²) in [5.41, 5.74) is 0.444. The molecule has 0 radical (unpaired) electrons. The minimum atomic E-state index is -0.527. The number of nitrogens with one attached hydrogen (secondary N) is 1. The lowest BCUT2D eigenvalue weighted by molar-refractivity contribution is -0.385. The molecular weight excluding hydrogens is 336 g/mol. The van der Waals surface area contributed by atoms with Crippen LogP contribution in [0.3, 0.4) is 0 Å². The maximum absolute atomic E-state index is 12.2. The van der Waals surface area contributed by atoms with Crippen molar-refractivity contribution in [2.75, 3.05) is 5.32 Å². The quantitative estimate of drug-likeness (QED) is 0.517. The van der Waals surface area contributed by atoms with Crippen molar-refractivity contribution in [1.29, 1.82) is 0 Å². The van der Waals surface area contributed by atoms with Gasteiger partial charge in [0.1, 0.15) is 18.1 Å². The van der Waals surface area contributed by atoms with E-state index in [9.17, 15) is 14.9 Å². The summed E-state index contributed by atoms with van der Waals surface area (Å²) in [5, 5.41) is 17.3. The number of benzene rings is 2. The van der Waals surface area contributed by atoms with E-state index in [1.54, 1.807) is 18.2 Å². The van der Waals surface area contributed by atoms with Crippen LogP contribution in [0.25, 0.3) is 0 Å². The van der Waals surface area contributed by atoms with Crippen LogP contribution in [0.5, 0.6) is 11.5 Å². The SMILES string of the molecule is O=C(CCn1cc([N+](=O)[O-])cn1)Nc1ccccc1Oc1ccccc1. The highest BCUT2D eigenvalue weighted by Gasteiger charge is 2.11. The van der Waals surface area contributed by atoms with E-state index in [4.69, 9.17) is 4.74 Å². The summed E-state index contributed by atoms with van der Waals surface area (Å²) in [6, 6.07) is 16.4. The Bertz CT molecular complexity index is 908. The van der Waals surface area contributed by atoms with E-state index in [-0.39, 0.29) is 24.6 Å². The van der Waals surface area contributed by atoms with Crippen molar-refractivity contribution in [2.45, 2.75) is 13.0 Å². The van der Waals surface area contributed by atoms with E-state index in [2.05, 4.69) is 10.4 Å². The molecule has 1 heterocycles. The van der Waals surface area contributed by atoms with Gasteiger partial charge in [0.05, 0.1) is 10.6 Å². The highest BCUT2D eigenvalue weighted by Crippen LogP contribution is 2.29. The van der Waals surface area contributed by atoms with E-state index in [1.807, 2.05) is 36.4 Å². The van der Waals surface area contributed by atoms with Gasteiger partial charge in [0.2, 0.25) is 5.91 Å². The van der Waals surface area contributed by atoms with Crippen molar-refractivity contribution in [3.05, 3.63) is 77.1 Å². The predicted molar refractivity (Wildman–Crippen MR) is 95.1 cm³/mol. The van der Waals surface area contributed by atoms with Crippen LogP contribution in [0.4, 0.5) is 11.4 Å². The lowest BCUT2D eigenvalue weighted by atomic mass is 10.2. The molecule has 1 aromatic heterocycles. The van der Waals surface area contributed by atoms with Crippen molar-refractivity contribution in [1.82, 2.24) is 9.78 Å². The third kappa shape index (κ3) is 4.44. The van der Waals surface area contributed by atoms with E-state index in [0.717, 1.165) is 6.20 Å². The minimum Gasteiger partial charge on any atom is -0.455 e. The van der Waals surface area contributed by atoms with Crippen molar-refractivity contribution < 1.29 is 14.5 Å². The number of amides is 1. The molecule has 3 aromatic rings. The third-order valence-electron chi connectivity index (χ3n) is 3.53. The number of aryl methyl sites for hydroxylation is 1. The zero-order valence-electron chi connectivity index (χ0n) is 13.7. The summed E-state index contributed by atoms with van der Waals surface area (Å²) in [5.74, 6) is 0.951. The second-order valence-electron chi connectivity index (χ2n) is 5.43. The van der Waals surface area contributed by atoms with Gasteiger partial charge in [-0.25, -0.2) is 0 Å². The Labute approximate surface area is 149 Å². The lowest BCUT2D eigenvalue weighted by Crippen LogP contribution is -2.15. The molecule has 0 aliphatic heterocycles. The molecule has 0 bridgehead atoms. The monoisotopic (exact) mass is 352 g/mol. The Hall–Kier alpha value is -3.68. The number of hydrogen-bond donors (Lipinski definition) is 1. The van der Waals surface area contributed by atoms with Gasteiger partial charge in [-0.1, -0.05) is 30.3 Å². The molecule has 8 nitrogen and oxygen atoms in total. The zero-order valence-corrected chi connectivity index (χ0v) is 13.7. The Morgan fingerprint density at radius 3 is 2.62 bits per heavy atom. The number of rotatable bonds is 7. The van der Waals surface area contributed by atoms with Crippen LogP contribution in [0.15, 0.2) is 67.0 Å². The van der Waals surface area contributed by atoms with Gasteiger partial charge in [0.15, 0.2) is 5.75 Å². The molecule has 1 amide bonds. The standard InChI is InChI=1S/C18H16N4O4/c23-18(10-11-21-13-14(12-19-21)22(24)25)20-16-8-4-5-9-17(16)26-15-6-2-1-3-7-15/h1-9,12-13H,10-11H2,(H,20,23). The van der Waals surface area contributed by atoms with Crippen LogP contribution < -0.4 is 10.1 Å². The van der Waals surface area contributed by atoms with Gasteiger partial charge >= 0.3 is 5.69 Å². The molecule has 2 aromatic carbocycles. The summed E-state index contributed by atoms with van der Waals surface area (Å²) in [6.07, 6.45) is 2.57. The topological polar surface area (TPSA) is 99.3 Å². The van der Waals surface area contributed by atoms with Gasteiger partial charge in [0, 0.05) is 13.0 Å². The molecule has 0 saturated heterocycles. The van der Waals surface area contributed by atoms with Gasteiger partial charge in [-0.3, -0.25) is 19.6 Å². The van der Waals surface area contributed by atoms with E-state index in [0.29, 0.717) is 17.2 Å². The number of para-hydroxylation sites is 3. The molecular formula is C18H16N4O4. The molecule has 8 heteroatoms. The molecule has 132 valence electrons. The van der Waals surface area contributed by atoms with Gasteiger partial charge in [-0.05, 0) is 24.3 Å². The van der Waals surface area contributed by atoms with Crippen LogP contribution in [-0.2, 0) is 11.3 Å². The average Bonchev–Trinajstić information content (AvgIpc) is 3.12. The second kappa shape index (κ2) is 7.93. The second-order valence-corrected chi connectivity index (χ2v) is 5.43. The number of hydrogen-bond acceptors (Lipinski definition) is 5. The van der Waals surface area contributed by atoms with Crippen molar-refractivity contribution in [2.24, 2.45) is 0 Å². The smallest absolute Gasteiger partial charge is 0.306 e. The number of carbonyl (C=O) groups excluding carboxylic acids is 1. The van der Waals surface area contributed by atoms with Crippen molar-refractivity contribution in [3.8, 4) is 11.5 Å². The first kappa shape index (κ1) is 17.2. The number of nitro groups is 1. The molecule has 26 heavy (non-hydrogen) atoms. The number of aromatic nitrogens is 2. The molecule has 1 N–H and O–H groups in total. The predicted octanol–water partition coefficient (Wildman–Crippen LogP) is 3.61. The third-order valence-corrected chi connectivity index (χ3v) is 3.53. The van der Waals surface area contributed by atoms with E-state index < -0.39 is 4.92 Å². The van der Waals surface area contributed by atoms with E-state index >= 15 is 0 Å². The normalized spacial score (nSPS) is 10.3. The lowest BCUT2D eigenvalue weighted by Gasteiger charge is -2.12. The molecule has 0 saturated carbocycles. The fourth-order valence-corrected chi connectivity index (χ4v) is 2.27. The number of nitrogens with zero attached hydrogens (tertiary/aromatic N) is 3. The summed E-state index contributed by atoms with van der Waals surface area (Å²) in [7, 11) is 0. The highest BCUT2D eigenvalue weighted by atomic mass is 16.6. The number of anilines is 1. The molecule has 0 spiro atoms. The maximum atomic E-state index is 12.2. The number of ether oxygens (including phenoxy) is 1. The molecule has 0 aliphatic carbocycles. The fraction of sp³-hybridized carbons (Fsp3) is 0.111. The van der Waals surface area contributed by atoms with Gasteiger partial charge in [-0.15, -0.1) is 0 Å². The first-order chi connectivity index (χ1) is 12.6. The van der Waals surface area contributed by atoms with Gasteiger partial charge in [-0.2, -0.15) is 5.10 Å². The first-order valence-electron chi connectivity index (χ1n) is 7.90. The Morgan fingerprint density at radius 1 is 1.15 bits per heavy atom. The molecule has 0 atom stereocenters. The molecule has 0 unspecified atom stereocenters. The highest BCUT2D eigenvalue weighted by molar-refractivity contribution is 5.92. The van der Waals surface area contributed by atoms with Crippen LogP contribution in [0, 0.1) is 10.1 Å². The molecule has 0 aliphatic rings. The van der Waals surface area contributed by atoms with Gasteiger partial charge < -0.3 is 10.1 Å². The Kier molecular flexibility index (Phi) is 5.23. The minimum absolute atomic E-state index is 0.105. The summed E-state index contributed by atoms with van der Waals surface area (Å²) < 4.78 is 7.16. The van der Waals surface area contributed by atoms with Crippen LogP contribution >= 0.6 is 0 Å². The summed E-state index contributed by atoms with van der Waals surface area (Å²) in [6.45, 7) is 0.237. The fourth-order valence-electron chi connectivity index (χ4n) is 2.27. The van der Waals surface area contributed by atoms with Crippen molar-refractivity contribution >= 4 is 17.3 Å². The van der Waals surface area contributed by atoms with Crippen molar-refractivity contribution in [3.63, 3.8) is 0 Å². The molecule has 3 rings (SSSR count). The average molecular weight is 352 g/mol. The van der Waals surface area contributed by atoms with Crippen LogP contribution in [-0.4, -0.2) is 20.6 Å². The zero-order chi connectivity index (χ0) is 18.4. The molecule has 0 fully saturated rings. The summed E-state index contributed by atoms with van der Waals surface area (Å²) in [4.78, 5) is 22.3. The van der Waals surface area contributed by atoms with E-state index in [1.165, 1.54) is 10.9 Å². The Morgan fingerprint density at radius 2 is 1.88 bits per heavy atom. The van der Waals surface area contributed by atoms with Crippen LogP contribution in [0.2, 0.25) is 0 Å². The first-order valence-corrected chi connectivity index (χ1v) is 7.90. The summed E-state index contributed by atoms with van der Waals surface area (Å²) >= 11 is 0. The Balaban J connectivity index is 1.61. The van der Waals surface area contributed by atoms with Gasteiger partial charge in [0.25, 0.3) is 0 Å².